The number of carbonyl (C=O) groups is 1. The zero-order chi connectivity index (χ0) is 12.3. The van der Waals surface area contributed by atoms with Gasteiger partial charge in [-0.3, -0.25) is 4.79 Å². The lowest BCUT2D eigenvalue weighted by atomic mass is 9.68. The first kappa shape index (κ1) is 12.0. The fraction of sp³-hybridized carbons (Fsp3) is 0.545. The Hall–Kier alpha value is -1.43. The number of aromatic amines is 1. The molecule has 1 aliphatic carbocycles. The van der Waals surface area contributed by atoms with E-state index in [0.29, 0.717) is 11.5 Å². The fourth-order valence-corrected chi connectivity index (χ4v) is 2.31. The summed E-state index contributed by atoms with van der Waals surface area (Å²) in [5.74, 6) is -0.0317. The second-order valence-electron chi connectivity index (χ2n) is 4.38. The monoisotopic (exact) mass is 252 g/mol. The molecule has 1 aromatic heterocycles. The number of nitrogens with zero attached hydrogens (tertiary/aromatic N) is 1. The van der Waals surface area contributed by atoms with E-state index in [1.807, 2.05) is 0 Å². The van der Waals surface area contributed by atoms with Crippen LogP contribution in [0.4, 0.5) is 0 Å². The summed E-state index contributed by atoms with van der Waals surface area (Å²) in [6.07, 6.45) is 6.68. The molecule has 1 heterocycles. The highest BCUT2D eigenvalue weighted by Crippen LogP contribution is 2.41. The molecule has 5 nitrogen and oxygen atoms in total. The van der Waals surface area contributed by atoms with Crippen molar-refractivity contribution < 1.29 is 4.79 Å². The molecule has 2 rings (SSSR count). The molecular formula is C11H16N4OS. The minimum absolute atomic E-state index is 0.0317. The van der Waals surface area contributed by atoms with Crippen LogP contribution in [-0.2, 0) is 11.2 Å². The molecular weight excluding hydrogens is 236 g/mol. The van der Waals surface area contributed by atoms with Crippen LogP contribution in [-0.4, -0.2) is 27.4 Å². The molecule has 0 atom stereocenters. The smallest absolute Gasteiger partial charge is 0.233 e. The molecule has 1 aliphatic rings. The van der Waals surface area contributed by atoms with E-state index in [-0.39, 0.29) is 5.91 Å². The van der Waals surface area contributed by atoms with Gasteiger partial charge in [-0.25, -0.2) is 4.98 Å². The summed E-state index contributed by atoms with van der Waals surface area (Å²) < 4.78 is 0. The van der Waals surface area contributed by atoms with Crippen molar-refractivity contribution >= 4 is 23.1 Å². The molecule has 6 heteroatoms. The minimum Gasteiger partial charge on any atom is -0.392 e. The average molecular weight is 252 g/mol. The van der Waals surface area contributed by atoms with Gasteiger partial charge in [0.25, 0.3) is 0 Å². The summed E-state index contributed by atoms with van der Waals surface area (Å²) in [5, 5.41) is 2.89. The van der Waals surface area contributed by atoms with Crippen molar-refractivity contribution in [3.8, 4) is 0 Å². The predicted octanol–water partition coefficient (Wildman–Crippen LogP) is 0.525. The van der Waals surface area contributed by atoms with Crippen LogP contribution in [0.5, 0.6) is 0 Å². The fourth-order valence-electron chi connectivity index (χ4n) is 2.02. The molecule has 0 saturated heterocycles. The van der Waals surface area contributed by atoms with Gasteiger partial charge in [0.05, 0.1) is 16.7 Å². The number of amides is 1. The minimum atomic E-state index is -0.580. The Bertz CT molecular complexity index is 411. The van der Waals surface area contributed by atoms with Crippen molar-refractivity contribution in [1.29, 1.82) is 0 Å². The summed E-state index contributed by atoms with van der Waals surface area (Å²) in [4.78, 5) is 19.2. The Morgan fingerprint density at radius 2 is 2.41 bits per heavy atom. The zero-order valence-electron chi connectivity index (χ0n) is 9.53. The lowest BCUT2D eigenvalue weighted by Gasteiger charge is -2.39. The molecule has 92 valence electrons. The summed E-state index contributed by atoms with van der Waals surface area (Å²) in [6, 6.07) is 0. The zero-order valence-corrected chi connectivity index (χ0v) is 10.3. The van der Waals surface area contributed by atoms with E-state index >= 15 is 0 Å². The second-order valence-corrected chi connectivity index (χ2v) is 4.82. The van der Waals surface area contributed by atoms with Crippen LogP contribution in [0.25, 0.3) is 0 Å². The van der Waals surface area contributed by atoms with E-state index in [4.69, 9.17) is 18.0 Å². The average Bonchev–Trinajstić information content (AvgIpc) is 2.67. The highest BCUT2D eigenvalue weighted by Gasteiger charge is 2.46. The van der Waals surface area contributed by atoms with Gasteiger partial charge in [0.2, 0.25) is 5.91 Å². The van der Waals surface area contributed by atoms with Crippen LogP contribution in [0.15, 0.2) is 12.5 Å². The number of carbonyl (C=O) groups excluding carboxylic acids is 1. The first-order valence-electron chi connectivity index (χ1n) is 5.70. The Labute approximate surface area is 105 Å². The van der Waals surface area contributed by atoms with Crippen molar-refractivity contribution in [3.05, 3.63) is 18.2 Å². The van der Waals surface area contributed by atoms with Gasteiger partial charge in [-0.05, 0) is 12.8 Å². The summed E-state index contributed by atoms with van der Waals surface area (Å²) in [7, 11) is 0. The van der Waals surface area contributed by atoms with Gasteiger partial charge in [-0.1, -0.05) is 18.6 Å². The van der Waals surface area contributed by atoms with Gasteiger partial charge in [-0.2, -0.15) is 0 Å². The lowest BCUT2D eigenvalue weighted by Crippen LogP contribution is -2.53. The third-order valence-electron chi connectivity index (χ3n) is 3.35. The third-order valence-corrected chi connectivity index (χ3v) is 3.74. The molecule has 17 heavy (non-hydrogen) atoms. The van der Waals surface area contributed by atoms with Crippen LogP contribution < -0.4 is 11.1 Å². The summed E-state index contributed by atoms with van der Waals surface area (Å²) >= 11 is 4.99. The van der Waals surface area contributed by atoms with Gasteiger partial charge >= 0.3 is 0 Å². The lowest BCUT2D eigenvalue weighted by molar-refractivity contribution is -0.130. The van der Waals surface area contributed by atoms with Gasteiger partial charge in [-0.15, -0.1) is 0 Å². The van der Waals surface area contributed by atoms with Gasteiger partial charge < -0.3 is 16.0 Å². The largest absolute Gasteiger partial charge is 0.392 e. The van der Waals surface area contributed by atoms with E-state index < -0.39 is 5.41 Å². The molecule has 4 N–H and O–H groups in total. The number of aromatic nitrogens is 2. The first-order valence-corrected chi connectivity index (χ1v) is 6.11. The van der Waals surface area contributed by atoms with Crippen LogP contribution >= 0.6 is 12.2 Å². The van der Waals surface area contributed by atoms with Gasteiger partial charge in [0.1, 0.15) is 0 Å². The molecule has 0 aliphatic heterocycles. The van der Waals surface area contributed by atoms with Crippen molar-refractivity contribution in [3.63, 3.8) is 0 Å². The van der Waals surface area contributed by atoms with E-state index in [1.54, 1.807) is 12.5 Å². The molecule has 0 unspecified atom stereocenters. The molecule has 0 bridgehead atoms. The first-order chi connectivity index (χ1) is 8.15. The quantitative estimate of drug-likeness (QED) is 0.667. The van der Waals surface area contributed by atoms with Crippen LogP contribution in [0.1, 0.15) is 25.0 Å². The maximum absolute atomic E-state index is 12.0. The number of hydrogen-bond donors (Lipinski definition) is 3. The van der Waals surface area contributed by atoms with E-state index in [0.717, 1.165) is 31.4 Å². The number of hydrogen-bond acceptors (Lipinski definition) is 3. The molecule has 0 aromatic carbocycles. The number of nitrogens with two attached hydrogens (primary N) is 1. The Kier molecular flexibility index (Phi) is 3.42. The molecule has 1 amide bonds. The van der Waals surface area contributed by atoms with Crippen LogP contribution in [0.3, 0.4) is 0 Å². The number of nitrogens with one attached hydrogen (secondary N) is 2. The Morgan fingerprint density at radius 1 is 1.65 bits per heavy atom. The summed E-state index contributed by atoms with van der Waals surface area (Å²) in [6.45, 7) is 0.575. The number of imidazole rings is 1. The predicted molar refractivity (Wildman–Crippen MR) is 68.4 cm³/mol. The van der Waals surface area contributed by atoms with Crippen molar-refractivity contribution in [1.82, 2.24) is 15.3 Å². The molecule has 1 fully saturated rings. The highest BCUT2D eigenvalue weighted by atomic mass is 32.1. The van der Waals surface area contributed by atoms with Gasteiger partial charge in [0, 0.05) is 24.9 Å². The van der Waals surface area contributed by atoms with Crippen molar-refractivity contribution in [2.24, 2.45) is 11.1 Å². The van der Waals surface area contributed by atoms with Crippen LogP contribution in [0.2, 0.25) is 0 Å². The van der Waals surface area contributed by atoms with Gasteiger partial charge in [0.15, 0.2) is 0 Å². The van der Waals surface area contributed by atoms with Crippen LogP contribution in [0, 0.1) is 5.41 Å². The Morgan fingerprint density at radius 3 is 2.88 bits per heavy atom. The number of thiocarbonyl (C=S) groups is 1. The molecule has 1 aromatic rings. The number of H-pyrrole nitrogens is 1. The molecule has 0 radical (unpaired) electrons. The SMILES string of the molecule is NC(=S)C1(C(=O)NCCc2cnc[nH]2)CCC1. The third kappa shape index (κ3) is 2.31. The summed E-state index contributed by atoms with van der Waals surface area (Å²) in [5.41, 5.74) is 6.08. The van der Waals surface area contributed by atoms with E-state index in [2.05, 4.69) is 15.3 Å². The second kappa shape index (κ2) is 4.83. The van der Waals surface area contributed by atoms with E-state index in [1.165, 1.54) is 0 Å². The molecule has 1 saturated carbocycles. The number of rotatable bonds is 5. The normalized spacial score (nSPS) is 17.2. The highest BCUT2D eigenvalue weighted by molar-refractivity contribution is 7.80. The standard InChI is InChI=1S/C11H16N4OS/c12-9(17)11(3-1-4-11)10(16)14-5-2-8-6-13-7-15-8/h6-7H,1-5H2,(H2,12,17)(H,13,15)(H,14,16). The van der Waals surface area contributed by atoms with Crippen molar-refractivity contribution in [2.75, 3.05) is 6.54 Å². The molecule has 0 spiro atoms. The maximum atomic E-state index is 12.0. The van der Waals surface area contributed by atoms with E-state index in [9.17, 15) is 4.79 Å². The topological polar surface area (TPSA) is 83.8 Å². The maximum Gasteiger partial charge on any atom is 0.233 e. The Balaban J connectivity index is 1.83. The van der Waals surface area contributed by atoms with Crippen molar-refractivity contribution in [2.45, 2.75) is 25.7 Å².